The monoisotopic (exact) mass is 309 g/mol. The Bertz CT molecular complexity index is 480. The molecule has 0 heterocycles. The number of halogens is 1. The lowest BCUT2D eigenvalue weighted by atomic mass is 10.2. The molecule has 0 spiro atoms. The van der Waals surface area contributed by atoms with Gasteiger partial charge in [-0.25, -0.2) is 0 Å². The van der Waals surface area contributed by atoms with E-state index in [9.17, 15) is 4.79 Å². The van der Waals surface area contributed by atoms with Crippen molar-refractivity contribution in [1.82, 2.24) is 5.32 Å². The first-order valence-electron chi connectivity index (χ1n) is 5.70. The lowest BCUT2D eigenvalue weighted by Crippen LogP contribution is -2.40. The van der Waals surface area contributed by atoms with Crippen molar-refractivity contribution >= 4 is 27.5 Å². The fourth-order valence-electron chi connectivity index (χ4n) is 1.42. The average Bonchev–Trinajstić information content (AvgIpc) is 2.28. The number of benzene rings is 1. The molecule has 0 radical (unpaired) electrons. The van der Waals surface area contributed by atoms with Crippen LogP contribution in [-0.4, -0.2) is 18.0 Å². The summed E-state index contributed by atoms with van der Waals surface area (Å²) in [6, 6.07) is 7.14. The van der Waals surface area contributed by atoms with E-state index in [4.69, 9.17) is 5.26 Å². The number of nitriles is 1. The predicted octanol–water partition coefficient (Wildman–Crippen LogP) is 2.65. The molecular formula is C13H16BrN3O. The zero-order chi connectivity index (χ0) is 13.7. The Labute approximate surface area is 116 Å². The molecule has 0 saturated carbocycles. The van der Waals surface area contributed by atoms with Gasteiger partial charge in [0.25, 0.3) is 0 Å². The molecule has 5 heteroatoms. The Balaban J connectivity index is 2.71. The van der Waals surface area contributed by atoms with Crippen LogP contribution in [0.5, 0.6) is 0 Å². The van der Waals surface area contributed by atoms with Gasteiger partial charge in [0, 0.05) is 16.2 Å². The van der Waals surface area contributed by atoms with Crippen LogP contribution >= 0.6 is 15.9 Å². The Kier molecular flexibility index (Phi) is 5.17. The molecule has 1 rings (SSSR count). The molecule has 1 atom stereocenters. The minimum Gasteiger partial charge on any atom is -0.374 e. The van der Waals surface area contributed by atoms with E-state index >= 15 is 0 Å². The Morgan fingerprint density at radius 2 is 2.06 bits per heavy atom. The maximum Gasteiger partial charge on any atom is 0.242 e. The second-order valence-electron chi connectivity index (χ2n) is 4.34. The first-order chi connectivity index (χ1) is 8.43. The fraction of sp³-hybridized carbons (Fsp3) is 0.385. The van der Waals surface area contributed by atoms with Crippen LogP contribution in [0.15, 0.2) is 22.7 Å². The van der Waals surface area contributed by atoms with Crippen molar-refractivity contribution in [3.8, 4) is 6.07 Å². The van der Waals surface area contributed by atoms with Gasteiger partial charge in [-0.3, -0.25) is 4.79 Å². The minimum atomic E-state index is -0.327. The molecule has 0 aliphatic heterocycles. The maximum absolute atomic E-state index is 11.7. The molecule has 0 bridgehead atoms. The molecular weight excluding hydrogens is 294 g/mol. The number of carbonyl (C=O) groups excluding carboxylic acids is 1. The van der Waals surface area contributed by atoms with Crippen LogP contribution in [0.4, 0.5) is 5.69 Å². The SMILES string of the molecule is CC(C)NC(=O)C(C)Nc1ccc(C#N)c(Br)c1. The van der Waals surface area contributed by atoms with Crippen LogP contribution in [0.25, 0.3) is 0 Å². The van der Waals surface area contributed by atoms with E-state index in [1.807, 2.05) is 13.8 Å². The van der Waals surface area contributed by atoms with Crippen LogP contribution in [0, 0.1) is 11.3 Å². The van der Waals surface area contributed by atoms with Crippen LogP contribution < -0.4 is 10.6 Å². The second-order valence-corrected chi connectivity index (χ2v) is 5.19. The number of nitrogens with zero attached hydrogens (tertiary/aromatic N) is 1. The summed E-state index contributed by atoms with van der Waals surface area (Å²) >= 11 is 3.31. The number of rotatable bonds is 4. The number of anilines is 1. The van der Waals surface area contributed by atoms with Crippen molar-refractivity contribution in [2.75, 3.05) is 5.32 Å². The Morgan fingerprint density at radius 1 is 1.39 bits per heavy atom. The van der Waals surface area contributed by atoms with E-state index in [2.05, 4.69) is 32.6 Å². The summed E-state index contributed by atoms with van der Waals surface area (Å²) in [5.41, 5.74) is 1.37. The molecule has 0 aromatic heterocycles. The first kappa shape index (κ1) is 14.5. The fourth-order valence-corrected chi connectivity index (χ4v) is 1.89. The van der Waals surface area contributed by atoms with Crippen molar-refractivity contribution in [2.45, 2.75) is 32.9 Å². The van der Waals surface area contributed by atoms with Crippen LogP contribution in [-0.2, 0) is 4.79 Å². The zero-order valence-electron chi connectivity index (χ0n) is 10.6. The number of hydrogen-bond acceptors (Lipinski definition) is 3. The van der Waals surface area contributed by atoms with Crippen molar-refractivity contribution in [2.24, 2.45) is 0 Å². The van der Waals surface area contributed by atoms with Gasteiger partial charge < -0.3 is 10.6 Å². The molecule has 18 heavy (non-hydrogen) atoms. The molecule has 1 unspecified atom stereocenters. The van der Waals surface area contributed by atoms with Crippen molar-refractivity contribution in [1.29, 1.82) is 5.26 Å². The number of amides is 1. The highest BCUT2D eigenvalue weighted by Crippen LogP contribution is 2.21. The third-order valence-electron chi connectivity index (χ3n) is 2.30. The van der Waals surface area contributed by atoms with Gasteiger partial charge in [0.05, 0.1) is 5.56 Å². The van der Waals surface area contributed by atoms with Crippen LogP contribution in [0.3, 0.4) is 0 Å². The maximum atomic E-state index is 11.7. The standard InChI is InChI=1S/C13H16BrN3O/c1-8(2)16-13(18)9(3)17-11-5-4-10(7-15)12(14)6-11/h4-6,8-9,17H,1-3H3,(H,16,18). The molecule has 1 aromatic rings. The van der Waals surface area contributed by atoms with Crippen LogP contribution in [0.1, 0.15) is 26.3 Å². The van der Waals surface area contributed by atoms with E-state index in [1.54, 1.807) is 25.1 Å². The summed E-state index contributed by atoms with van der Waals surface area (Å²) in [5.74, 6) is -0.0505. The summed E-state index contributed by atoms with van der Waals surface area (Å²) in [5, 5.41) is 14.7. The summed E-state index contributed by atoms with van der Waals surface area (Å²) in [7, 11) is 0. The molecule has 0 aliphatic rings. The highest BCUT2D eigenvalue weighted by Gasteiger charge is 2.13. The molecule has 0 saturated heterocycles. The lowest BCUT2D eigenvalue weighted by Gasteiger charge is -2.17. The summed E-state index contributed by atoms with van der Waals surface area (Å²) in [4.78, 5) is 11.7. The largest absolute Gasteiger partial charge is 0.374 e. The molecule has 1 aromatic carbocycles. The van der Waals surface area contributed by atoms with E-state index < -0.39 is 0 Å². The van der Waals surface area contributed by atoms with E-state index in [1.165, 1.54) is 0 Å². The Morgan fingerprint density at radius 3 is 2.56 bits per heavy atom. The van der Waals surface area contributed by atoms with Gasteiger partial charge in [0.1, 0.15) is 12.1 Å². The van der Waals surface area contributed by atoms with Gasteiger partial charge in [-0.2, -0.15) is 5.26 Å². The van der Waals surface area contributed by atoms with E-state index in [-0.39, 0.29) is 18.0 Å². The predicted molar refractivity (Wildman–Crippen MR) is 75.2 cm³/mol. The van der Waals surface area contributed by atoms with E-state index in [0.29, 0.717) is 10.0 Å². The smallest absolute Gasteiger partial charge is 0.242 e. The quantitative estimate of drug-likeness (QED) is 0.898. The molecule has 96 valence electrons. The number of carbonyl (C=O) groups is 1. The second kappa shape index (κ2) is 6.41. The molecule has 4 nitrogen and oxygen atoms in total. The molecule has 1 amide bonds. The van der Waals surface area contributed by atoms with Crippen LogP contribution in [0.2, 0.25) is 0 Å². The van der Waals surface area contributed by atoms with Crippen molar-refractivity contribution in [3.63, 3.8) is 0 Å². The van der Waals surface area contributed by atoms with Gasteiger partial charge in [-0.05, 0) is 54.9 Å². The third-order valence-corrected chi connectivity index (χ3v) is 2.95. The summed E-state index contributed by atoms with van der Waals surface area (Å²) < 4.78 is 0.714. The lowest BCUT2D eigenvalue weighted by molar-refractivity contribution is -0.122. The van der Waals surface area contributed by atoms with Gasteiger partial charge in [-0.15, -0.1) is 0 Å². The topological polar surface area (TPSA) is 64.9 Å². The van der Waals surface area contributed by atoms with Crippen molar-refractivity contribution < 1.29 is 4.79 Å². The number of hydrogen-bond donors (Lipinski definition) is 2. The van der Waals surface area contributed by atoms with Gasteiger partial charge >= 0.3 is 0 Å². The van der Waals surface area contributed by atoms with Gasteiger partial charge in [-0.1, -0.05) is 0 Å². The third kappa shape index (κ3) is 4.04. The number of nitrogens with one attached hydrogen (secondary N) is 2. The first-order valence-corrected chi connectivity index (χ1v) is 6.50. The zero-order valence-corrected chi connectivity index (χ0v) is 12.2. The highest BCUT2D eigenvalue weighted by molar-refractivity contribution is 9.10. The minimum absolute atomic E-state index is 0.0505. The Hall–Kier alpha value is -1.54. The van der Waals surface area contributed by atoms with Gasteiger partial charge in [0.15, 0.2) is 0 Å². The van der Waals surface area contributed by atoms with E-state index in [0.717, 1.165) is 5.69 Å². The van der Waals surface area contributed by atoms with Crippen molar-refractivity contribution in [3.05, 3.63) is 28.2 Å². The van der Waals surface area contributed by atoms with Gasteiger partial charge in [0.2, 0.25) is 5.91 Å². The molecule has 0 fully saturated rings. The molecule has 0 aliphatic carbocycles. The summed E-state index contributed by atoms with van der Waals surface area (Å²) in [6.07, 6.45) is 0. The highest BCUT2D eigenvalue weighted by atomic mass is 79.9. The molecule has 2 N–H and O–H groups in total. The average molecular weight is 310 g/mol. The summed E-state index contributed by atoms with van der Waals surface area (Å²) in [6.45, 7) is 5.63. The normalized spacial score (nSPS) is 11.8.